The molecule has 0 unspecified atom stereocenters. The fourth-order valence-corrected chi connectivity index (χ4v) is 4.56. The Kier molecular flexibility index (Phi) is 6.20. The van der Waals surface area contributed by atoms with Gasteiger partial charge in [0.15, 0.2) is 0 Å². The standard InChI is InChI=1S/C26H24ClN3O3/c1-16-15-24(30(17(2)31)21-13-11-20(27)12-14-21)22-5-3-4-6-23(22)29(16)26(33)19-9-7-18(8-10-19)25(28)32/h3-14,16,24H,15H2,1-2H3,(H2,28,32)/t16-,24+/m0/s1. The Morgan fingerprint density at radius 2 is 1.55 bits per heavy atom. The topological polar surface area (TPSA) is 83.7 Å². The largest absolute Gasteiger partial charge is 0.366 e. The lowest BCUT2D eigenvalue weighted by Crippen LogP contribution is -2.47. The van der Waals surface area contributed by atoms with E-state index in [1.54, 1.807) is 53.1 Å². The lowest BCUT2D eigenvalue weighted by molar-refractivity contribution is -0.117. The minimum Gasteiger partial charge on any atom is -0.366 e. The van der Waals surface area contributed by atoms with Crippen molar-refractivity contribution in [2.24, 2.45) is 5.73 Å². The maximum absolute atomic E-state index is 13.5. The van der Waals surface area contributed by atoms with E-state index in [1.807, 2.05) is 43.3 Å². The summed E-state index contributed by atoms with van der Waals surface area (Å²) in [6, 6.07) is 20.7. The zero-order valence-corrected chi connectivity index (χ0v) is 19.1. The summed E-state index contributed by atoms with van der Waals surface area (Å²) in [5.74, 6) is -0.809. The van der Waals surface area contributed by atoms with Crippen molar-refractivity contribution < 1.29 is 14.4 Å². The van der Waals surface area contributed by atoms with Gasteiger partial charge in [-0.1, -0.05) is 29.8 Å². The second kappa shape index (κ2) is 9.08. The van der Waals surface area contributed by atoms with E-state index in [1.165, 1.54) is 0 Å². The number of benzene rings is 3. The molecule has 0 aliphatic carbocycles. The Labute approximate surface area is 197 Å². The number of halogens is 1. The number of primary amides is 1. The molecule has 2 atom stereocenters. The van der Waals surface area contributed by atoms with Crippen molar-refractivity contribution >= 4 is 40.7 Å². The average molecular weight is 462 g/mol. The van der Waals surface area contributed by atoms with E-state index in [2.05, 4.69) is 0 Å². The molecule has 0 bridgehead atoms. The molecule has 0 radical (unpaired) electrons. The molecule has 4 rings (SSSR count). The number of fused-ring (bicyclic) bond motifs is 1. The lowest BCUT2D eigenvalue weighted by Gasteiger charge is -2.43. The number of anilines is 2. The smallest absolute Gasteiger partial charge is 0.258 e. The molecular formula is C26H24ClN3O3. The predicted molar refractivity (Wildman–Crippen MR) is 130 cm³/mol. The van der Waals surface area contributed by atoms with Gasteiger partial charge in [-0.2, -0.15) is 0 Å². The fourth-order valence-electron chi connectivity index (χ4n) is 4.43. The van der Waals surface area contributed by atoms with Crippen LogP contribution in [0.5, 0.6) is 0 Å². The SMILES string of the molecule is CC(=O)N(c1ccc(Cl)cc1)[C@@H]1C[C@H](C)N(C(=O)c2ccc(C(N)=O)cc2)c2ccccc21. The van der Waals surface area contributed by atoms with Crippen LogP contribution in [0.2, 0.25) is 5.02 Å². The van der Waals surface area contributed by atoms with Crippen molar-refractivity contribution in [3.63, 3.8) is 0 Å². The quantitative estimate of drug-likeness (QED) is 0.595. The minimum absolute atomic E-state index is 0.0915. The van der Waals surface area contributed by atoms with Crippen LogP contribution in [-0.4, -0.2) is 23.8 Å². The number of nitrogens with zero attached hydrogens (tertiary/aromatic N) is 2. The molecule has 7 heteroatoms. The number of amides is 3. The first kappa shape index (κ1) is 22.6. The van der Waals surface area contributed by atoms with Gasteiger partial charge in [-0.05, 0) is 73.5 Å². The number of hydrogen-bond donors (Lipinski definition) is 1. The highest BCUT2D eigenvalue weighted by Gasteiger charge is 2.38. The summed E-state index contributed by atoms with van der Waals surface area (Å²) < 4.78 is 0. The second-order valence-corrected chi connectivity index (χ2v) is 8.58. The molecule has 0 aromatic heterocycles. The average Bonchev–Trinajstić information content (AvgIpc) is 2.80. The molecule has 1 aliphatic rings. The van der Waals surface area contributed by atoms with Gasteiger partial charge in [0.1, 0.15) is 0 Å². The van der Waals surface area contributed by atoms with Crippen LogP contribution < -0.4 is 15.5 Å². The van der Waals surface area contributed by atoms with Gasteiger partial charge in [0.25, 0.3) is 5.91 Å². The summed E-state index contributed by atoms with van der Waals surface area (Å²) in [5, 5.41) is 0.596. The van der Waals surface area contributed by atoms with Crippen LogP contribution in [-0.2, 0) is 4.79 Å². The highest BCUT2D eigenvalue weighted by molar-refractivity contribution is 6.30. The van der Waals surface area contributed by atoms with Crippen molar-refractivity contribution in [2.45, 2.75) is 32.4 Å². The number of carbonyl (C=O) groups excluding carboxylic acids is 3. The third-order valence-corrected chi connectivity index (χ3v) is 6.20. The Hall–Kier alpha value is -3.64. The van der Waals surface area contributed by atoms with Crippen molar-refractivity contribution in [2.75, 3.05) is 9.80 Å². The van der Waals surface area contributed by atoms with Crippen molar-refractivity contribution in [3.05, 3.63) is 94.5 Å². The molecule has 1 aliphatic heterocycles. The van der Waals surface area contributed by atoms with E-state index in [4.69, 9.17) is 17.3 Å². The van der Waals surface area contributed by atoms with Gasteiger partial charge in [0.2, 0.25) is 11.8 Å². The first-order valence-electron chi connectivity index (χ1n) is 10.7. The van der Waals surface area contributed by atoms with Gasteiger partial charge in [0, 0.05) is 40.5 Å². The van der Waals surface area contributed by atoms with E-state index >= 15 is 0 Å². The second-order valence-electron chi connectivity index (χ2n) is 8.14. The molecule has 168 valence electrons. The van der Waals surface area contributed by atoms with E-state index in [9.17, 15) is 14.4 Å². The lowest BCUT2D eigenvalue weighted by atomic mass is 9.89. The normalized spacial score (nSPS) is 17.2. The molecule has 2 N–H and O–H groups in total. The van der Waals surface area contributed by atoms with Gasteiger partial charge in [-0.25, -0.2) is 0 Å². The third kappa shape index (κ3) is 4.34. The first-order chi connectivity index (χ1) is 15.8. The van der Waals surface area contributed by atoms with Crippen molar-refractivity contribution in [1.29, 1.82) is 0 Å². The summed E-state index contributed by atoms with van der Waals surface area (Å²) >= 11 is 6.05. The van der Waals surface area contributed by atoms with Crippen LogP contribution in [0.3, 0.4) is 0 Å². The zero-order chi connectivity index (χ0) is 23.7. The van der Waals surface area contributed by atoms with E-state index in [-0.39, 0.29) is 23.9 Å². The number of nitrogens with two attached hydrogens (primary N) is 1. The molecule has 6 nitrogen and oxygen atoms in total. The Bertz CT molecular complexity index is 1210. The maximum atomic E-state index is 13.5. The monoisotopic (exact) mass is 461 g/mol. The molecule has 3 aromatic carbocycles. The van der Waals surface area contributed by atoms with Crippen molar-refractivity contribution in [1.82, 2.24) is 0 Å². The zero-order valence-electron chi connectivity index (χ0n) is 18.4. The molecule has 1 heterocycles. The summed E-state index contributed by atoms with van der Waals surface area (Å²) in [4.78, 5) is 41.1. The van der Waals surface area contributed by atoms with Crippen LogP contribution in [0.1, 0.15) is 52.6 Å². The van der Waals surface area contributed by atoms with Crippen LogP contribution in [0.4, 0.5) is 11.4 Å². The molecule has 3 aromatic rings. The highest BCUT2D eigenvalue weighted by atomic mass is 35.5. The molecule has 33 heavy (non-hydrogen) atoms. The van der Waals surface area contributed by atoms with Gasteiger partial charge >= 0.3 is 0 Å². The first-order valence-corrected chi connectivity index (χ1v) is 11.0. The predicted octanol–water partition coefficient (Wildman–Crippen LogP) is 4.97. The van der Waals surface area contributed by atoms with Gasteiger partial charge in [-0.3, -0.25) is 14.4 Å². The number of para-hydroxylation sites is 1. The Morgan fingerprint density at radius 3 is 2.15 bits per heavy atom. The Morgan fingerprint density at radius 1 is 0.939 bits per heavy atom. The molecule has 0 spiro atoms. The molecule has 3 amide bonds. The highest BCUT2D eigenvalue weighted by Crippen LogP contribution is 2.42. The number of carbonyl (C=O) groups is 3. The molecular weight excluding hydrogens is 438 g/mol. The summed E-state index contributed by atoms with van der Waals surface area (Å²) in [6.07, 6.45) is 0.560. The van der Waals surface area contributed by atoms with Crippen LogP contribution in [0.15, 0.2) is 72.8 Å². The minimum atomic E-state index is -0.542. The molecule has 0 fully saturated rings. The van der Waals surface area contributed by atoms with E-state index in [0.717, 1.165) is 16.9 Å². The summed E-state index contributed by atoms with van der Waals surface area (Å²) in [7, 11) is 0. The van der Waals surface area contributed by atoms with Crippen LogP contribution >= 0.6 is 11.6 Å². The van der Waals surface area contributed by atoms with E-state index < -0.39 is 5.91 Å². The van der Waals surface area contributed by atoms with Crippen LogP contribution in [0, 0.1) is 0 Å². The van der Waals surface area contributed by atoms with Crippen LogP contribution in [0.25, 0.3) is 0 Å². The maximum Gasteiger partial charge on any atom is 0.258 e. The van der Waals surface area contributed by atoms with Gasteiger partial charge in [-0.15, -0.1) is 0 Å². The van der Waals surface area contributed by atoms with Gasteiger partial charge < -0.3 is 15.5 Å². The summed E-state index contributed by atoms with van der Waals surface area (Å²) in [5.41, 5.74) is 8.52. The van der Waals surface area contributed by atoms with Gasteiger partial charge in [0.05, 0.1) is 6.04 Å². The molecule has 0 saturated carbocycles. The number of rotatable bonds is 4. The fraction of sp³-hybridized carbons (Fsp3) is 0.192. The third-order valence-electron chi connectivity index (χ3n) is 5.95. The van der Waals surface area contributed by atoms with Crippen molar-refractivity contribution in [3.8, 4) is 0 Å². The summed E-state index contributed by atoms with van der Waals surface area (Å²) in [6.45, 7) is 3.51. The Balaban J connectivity index is 1.74. The van der Waals surface area contributed by atoms with E-state index in [0.29, 0.717) is 22.6 Å². The molecule has 0 saturated heterocycles. The number of hydrogen-bond acceptors (Lipinski definition) is 3.